The first kappa shape index (κ1) is 22.3. The molecule has 1 heterocycles. The molecule has 1 aliphatic rings. The minimum atomic E-state index is -3.55. The standard InChI is InChI=1S/C22H30N4O3S/c1-3-25(4-2)22(27)23-20-10-12-21(13-11-20)30(28,29)26-16-14-24(15-17-26)18-19-8-6-5-7-9-19/h5-13H,3-4,14-18H2,1-2H3,(H,23,27). The maximum Gasteiger partial charge on any atom is 0.321 e. The Labute approximate surface area is 179 Å². The molecule has 0 unspecified atom stereocenters. The topological polar surface area (TPSA) is 73.0 Å². The number of nitrogens with zero attached hydrogens (tertiary/aromatic N) is 3. The van der Waals surface area contributed by atoms with Gasteiger partial charge in [0.2, 0.25) is 10.0 Å². The molecule has 1 aliphatic heterocycles. The maximum absolute atomic E-state index is 13.0. The molecule has 1 fully saturated rings. The van der Waals surface area contributed by atoms with Gasteiger partial charge in [-0.25, -0.2) is 13.2 Å². The number of hydrogen-bond donors (Lipinski definition) is 1. The van der Waals surface area contributed by atoms with E-state index < -0.39 is 10.0 Å². The second kappa shape index (κ2) is 10.1. The summed E-state index contributed by atoms with van der Waals surface area (Å²) >= 11 is 0. The van der Waals surface area contributed by atoms with Crippen LogP contribution in [-0.4, -0.2) is 67.8 Å². The fourth-order valence-corrected chi connectivity index (χ4v) is 4.96. The van der Waals surface area contributed by atoms with Gasteiger partial charge in [-0.15, -0.1) is 0 Å². The van der Waals surface area contributed by atoms with Gasteiger partial charge in [-0.1, -0.05) is 30.3 Å². The zero-order valence-electron chi connectivity index (χ0n) is 17.6. The number of sulfonamides is 1. The van der Waals surface area contributed by atoms with Gasteiger partial charge in [-0.3, -0.25) is 4.90 Å². The van der Waals surface area contributed by atoms with Crippen molar-refractivity contribution in [3.8, 4) is 0 Å². The van der Waals surface area contributed by atoms with Gasteiger partial charge in [0.05, 0.1) is 4.90 Å². The Bertz CT molecular complexity index is 921. The highest BCUT2D eigenvalue weighted by molar-refractivity contribution is 7.89. The second-order valence-electron chi connectivity index (χ2n) is 7.29. The van der Waals surface area contributed by atoms with Gasteiger partial charge in [-0.2, -0.15) is 4.31 Å². The Kier molecular flexibility index (Phi) is 7.47. The van der Waals surface area contributed by atoms with Crippen molar-refractivity contribution < 1.29 is 13.2 Å². The number of urea groups is 1. The van der Waals surface area contributed by atoms with Crippen molar-refractivity contribution in [1.29, 1.82) is 0 Å². The highest BCUT2D eigenvalue weighted by atomic mass is 32.2. The Morgan fingerprint density at radius 2 is 1.53 bits per heavy atom. The van der Waals surface area contributed by atoms with Gasteiger partial charge in [-0.05, 0) is 43.7 Å². The molecule has 30 heavy (non-hydrogen) atoms. The molecular weight excluding hydrogens is 400 g/mol. The summed E-state index contributed by atoms with van der Waals surface area (Å²) in [6.45, 7) is 8.23. The highest BCUT2D eigenvalue weighted by Crippen LogP contribution is 2.20. The van der Waals surface area contributed by atoms with E-state index in [-0.39, 0.29) is 10.9 Å². The Morgan fingerprint density at radius 3 is 2.10 bits per heavy atom. The first-order valence-corrected chi connectivity index (χ1v) is 11.8. The lowest BCUT2D eigenvalue weighted by atomic mass is 10.2. The molecule has 1 saturated heterocycles. The van der Waals surface area contributed by atoms with Crippen molar-refractivity contribution in [1.82, 2.24) is 14.1 Å². The summed E-state index contributed by atoms with van der Waals surface area (Å²) in [7, 11) is -3.55. The normalized spacial score (nSPS) is 15.7. The number of rotatable bonds is 7. The van der Waals surface area contributed by atoms with E-state index in [0.717, 1.165) is 6.54 Å². The summed E-state index contributed by atoms with van der Waals surface area (Å²) in [6, 6.07) is 16.4. The summed E-state index contributed by atoms with van der Waals surface area (Å²) < 4.78 is 27.5. The van der Waals surface area contributed by atoms with Crippen LogP contribution in [-0.2, 0) is 16.6 Å². The predicted octanol–water partition coefficient (Wildman–Crippen LogP) is 3.07. The number of benzene rings is 2. The van der Waals surface area contributed by atoms with Crippen LogP contribution < -0.4 is 5.32 Å². The van der Waals surface area contributed by atoms with E-state index in [4.69, 9.17) is 0 Å². The lowest BCUT2D eigenvalue weighted by molar-refractivity contribution is 0.181. The molecule has 8 heteroatoms. The molecule has 1 N–H and O–H groups in total. The van der Waals surface area contributed by atoms with Gasteiger partial charge in [0.1, 0.15) is 0 Å². The average Bonchev–Trinajstić information content (AvgIpc) is 2.76. The van der Waals surface area contributed by atoms with Gasteiger partial charge in [0, 0.05) is 51.5 Å². The monoisotopic (exact) mass is 430 g/mol. The van der Waals surface area contributed by atoms with Crippen LogP contribution in [0, 0.1) is 0 Å². The van der Waals surface area contributed by atoms with Crippen molar-refractivity contribution >= 4 is 21.7 Å². The molecule has 2 amide bonds. The van der Waals surface area contributed by atoms with Crippen molar-refractivity contribution in [3.63, 3.8) is 0 Å². The zero-order valence-corrected chi connectivity index (χ0v) is 18.4. The minimum absolute atomic E-state index is 0.190. The number of carbonyl (C=O) groups excluding carboxylic acids is 1. The number of hydrogen-bond acceptors (Lipinski definition) is 4. The molecule has 0 aromatic heterocycles. The maximum atomic E-state index is 13.0. The molecule has 0 aliphatic carbocycles. The number of anilines is 1. The van der Waals surface area contributed by atoms with Crippen molar-refractivity contribution in [3.05, 3.63) is 60.2 Å². The predicted molar refractivity (Wildman–Crippen MR) is 119 cm³/mol. The van der Waals surface area contributed by atoms with Crippen LogP contribution in [0.25, 0.3) is 0 Å². The van der Waals surface area contributed by atoms with Gasteiger partial charge < -0.3 is 10.2 Å². The molecule has 0 radical (unpaired) electrons. The van der Waals surface area contributed by atoms with Crippen molar-refractivity contribution in [2.24, 2.45) is 0 Å². The van der Waals surface area contributed by atoms with Gasteiger partial charge >= 0.3 is 6.03 Å². The summed E-state index contributed by atoms with van der Waals surface area (Å²) in [4.78, 5) is 16.3. The Hall–Kier alpha value is -2.42. The van der Waals surface area contributed by atoms with Crippen LogP contribution in [0.2, 0.25) is 0 Å². The zero-order chi connectivity index (χ0) is 21.6. The molecule has 2 aromatic rings. The lowest BCUT2D eigenvalue weighted by Gasteiger charge is -2.34. The van der Waals surface area contributed by atoms with E-state index in [1.807, 2.05) is 32.0 Å². The third-order valence-corrected chi connectivity index (χ3v) is 7.29. The molecule has 162 valence electrons. The van der Waals surface area contributed by atoms with E-state index in [0.29, 0.717) is 45.0 Å². The van der Waals surface area contributed by atoms with Crippen LogP contribution in [0.4, 0.5) is 10.5 Å². The molecule has 3 rings (SSSR count). The number of piperazine rings is 1. The van der Waals surface area contributed by atoms with Crippen LogP contribution in [0.5, 0.6) is 0 Å². The van der Waals surface area contributed by atoms with Crippen LogP contribution in [0.1, 0.15) is 19.4 Å². The largest absolute Gasteiger partial charge is 0.325 e. The SMILES string of the molecule is CCN(CC)C(=O)Nc1ccc(S(=O)(=O)N2CCN(Cc3ccccc3)CC2)cc1. The fourth-order valence-electron chi connectivity index (χ4n) is 3.54. The average molecular weight is 431 g/mol. The second-order valence-corrected chi connectivity index (χ2v) is 9.23. The van der Waals surface area contributed by atoms with E-state index in [9.17, 15) is 13.2 Å². The Balaban J connectivity index is 1.58. The third-order valence-electron chi connectivity index (χ3n) is 5.37. The molecule has 0 bridgehead atoms. The molecule has 7 nitrogen and oxygen atoms in total. The fraction of sp³-hybridized carbons (Fsp3) is 0.409. The molecular formula is C22H30N4O3S. The summed E-state index contributed by atoms with van der Waals surface area (Å²) in [5.74, 6) is 0. The van der Waals surface area contributed by atoms with E-state index in [1.165, 1.54) is 9.87 Å². The first-order valence-electron chi connectivity index (χ1n) is 10.4. The van der Waals surface area contributed by atoms with Crippen LogP contribution in [0.3, 0.4) is 0 Å². The van der Waals surface area contributed by atoms with E-state index in [1.54, 1.807) is 29.2 Å². The molecule has 0 saturated carbocycles. The van der Waals surface area contributed by atoms with E-state index >= 15 is 0 Å². The molecule has 2 aromatic carbocycles. The van der Waals surface area contributed by atoms with Crippen molar-refractivity contribution in [2.75, 3.05) is 44.6 Å². The third kappa shape index (κ3) is 5.38. The van der Waals surface area contributed by atoms with Gasteiger partial charge in [0.15, 0.2) is 0 Å². The summed E-state index contributed by atoms with van der Waals surface area (Å²) in [5.41, 5.74) is 1.81. The lowest BCUT2D eigenvalue weighted by Crippen LogP contribution is -2.48. The van der Waals surface area contributed by atoms with Crippen LogP contribution in [0.15, 0.2) is 59.5 Å². The number of nitrogens with one attached hydrogen (secondary N) is 1. The highest BCUT2D eigenvalue weighted by Gasteiger charge is 2.28. The van der Waals surface area contributed by atoms with Gasteiger partial charge in [0.25, 0.3) is 0 Å². The van der Waals surface area contributed by atoms with Crippen molar-refractivity contribution in [2.45, 2.75) is 25.3 Å². The quantitative estimate of drug-likeness (QED) is 0.733. The Morgan fingerprint density at radius 1 is 0.933 bits per heavy atom. The number of carbonyl (C=O) groups is 1. The summed E-state index contributed by atoms with van der Waals surface area (Å²) in [5, 5.41) is 2.80. The number of amides is 2. The van der Waals surface area contributed by atoms with Crippen LogP contribution >= 0.6 is 0 Å². The smallest absolute Gasteiger partial charge is 0.321 e. The molecule has 0 spiro atoms. The minimum Gasteiger partial charge on any atom is -0.325 e. The molecule has 0 atom stereocenters. The summed E-state index contributed by atoms with van der Waals surface area (Å²) in [6.07, 6.45) is 0. The van der Waals surface area contributed by atoms with E-state index in [2.05, 4.69) is 22.3 Å². The first-order chi connectivity index (χ1) is 14.4.